The molecule has 92 valence electrons. The van der Waals surface area contributed by atoms with E-state index in [4.69, 9.17) is 4.74 Å². The molecule has 1 aromatic rings. The van der Waals surface area contributed by atoms with E-state index in [0.29, 0.717) is 17.9 Å². The van der Waals surface area contributed by atoms with Crippen LogP contribution in [0.4, 0.5) is 4.39 Å². The molecule has 0 N–H and O–H groups in total. The predicted molar refractivity (Wildman–Crippen MR) is 63.9 cm³/mol. The molecule has 3 heteroatoms. The zero-order valence-electron chi connectivity index (χ0n) is 10.0. The lowest BCUT2D eigenvalue weighted by atomic mass is 9.83. The molecule has 0 saturated heterocycles. The Labute approximate surface area is 101 Å². The third kappa shape index (κ3) is 3.05. The van der Waals surface area contributed by atoms with Gasteiger partial charge in [-0.3, -0.25) is 4.79 Å². The molecular formula is C14H17FO2. The van der Waals surface area contributed by atoms with E-state index < -0.39 is 5.82 Å². The molecule has 0 bridgehead atoms. The average Bonchev–Trinajstić information content (AvgIpc) is 2.23. The van der Waals surface area contributed by atoms with Gasteiger partial charge < -0.3 is 4.74 Å². The van der Waals surface area contributed by atoms with Crippen molar-refractivity contribution < 1.29 is 13.9 Å². The largest absolute Gasteiger partial charge is 0.493 e. The third-order valence-electron chi connectivity index (χ3n) is 3.33. The molecule has 0 atom stereocenters. The lowest BCUT2D eigenvalue weighted by Crippen LogP contribution is -2.15. The molecule has 0 unspecified atom stereocenters. The summed E-state index contributed by atoms with van der Waals surface area (Å²) in [6.07, 6.45) is 4.91. The fourth-order valence-electron chi connectivity index (χ4n) is 2.02. The number of ketones is 1. The number of Topliss-reactive ketones (excluding diaryl/α,β-unsaturated/α-hetero) is 1. The highest BCUT2D eigenvalue weighted by molar-refractivity contribution is 5.96. The molecule has 1 aliphatic carbocycles. The summed E-state index contributed by atoms with van der Waals surface area (Å²) in [5, 5.41) is 0. The van der Waals surface area contributed by atoms with Crippen LogP contribution in [0.1, 0.15) is 43.0 Å². The van der Waals surface area contributed by atoms with Gasteiger partial charge in [-0.05, 0) is 37.5 Å². The zero-order chi connectivity index (χ0) is 12.3. The molecular weight excluding hydrogens is 219 g/mol. The molecule has 0 aliphatic heterocycles. The Balaban J connectivity index is 1.96. The van der Waals surface area contributed by atoms with Crippen molar-refractivity contribution in [1.82, 2.24) is 0 Å². The number of carbonyl (C=O) groups is 1. The number of hydrogen-bond donors (Lipinski definition) is 0. The van der Waals surface area contributed by atoms with E-state index in [1.54, 1.807) is 0 Å². The first-order valence-electron chi connectivity index (χ1n) is 6.10. The molecule has 0 amide bonds. The van der Waals surface area contributed by atoms with Crippen LogP contribution in [0.15, 0.2) is 18.2 Å². The number of rotatable bonds is 5. The van der Waals surface area contributed by atoms with Crippen molar-refractivity contribution in [2.45, 2.75) is 32.6 Å². The van der Waals surface area contributed by atoms with Gasteiger partial charge in [0.05, 0.1) is 12.2 Å². The Kier molecular flexibility index (Phi) is 3.77. The second-order valence-electron chi connectivity index (χ2n) is 4.63. The van der Waals surface area contributed by atoms with Crippen LogP contribution in [0.5, 0.6) is 5.75 Å². The fraction of sp³-hybridized carbons (Fsp3) is 0.500. The zero-order valence-corrected chi connectivity index (χ0v) is 10.0. The van der Waals surface area contributed by atoms with E-state index in [1.807, 2.05) is 0 Å². The van der Waals surface area contributed by atoms with Crippen molar-refractivity contribution in [2.24, 2.45) is 5.92 Å². The minimum atomic E-state index is -0.401. The van der Waals surface area contributed by atoms with Crippen LogP contribution >= 0.6 is 0 Å². The molecule has 1 aromatic carbocycles. The van der Waals surface area contributed by atoms with E-state index in [0.717, 1.165) is 12.3 Å². The van der Waals surface area contributed by atoms with E-state index >= 15 is 0 Å². The van der Waals surface area contributed by atoms with Crippen molar-refractivity contribution in [3.63, 3.8) is 0 Å². The summed E-state index contributed by atoms with van der Waals surface area (Å²) in [4.78, 5) is 11.3. The van der Waals surface area contributed by atoms with Gasteiger partial charge in [-0.25, -0.2) is 4.39 Å². The normalized spacial score (nSPS) is 15.4. The second-order valence-corrected chi connectivity index (χ2v) is 4.63. The molecule has 0 spiro atoms. The lowest BCUT2D eigenvalue weighted by molar-refractivity contribution is 0.101. The van der Waals surface area contributed by atoms with Gasteiger partial charge in [0, 0.05) is 0 Å². The first-order valence-corrected chi connectivity index (χ1v) is 6.10. The van der Waals surface area contributed by atoms with Crippen LogP contribution < -0.4 is 4.74 Å². The van der Waals surface area contributed by atoms with Crippen molar-refractivity contribution in [2.75, 3.05) is 6.61 Å². The Morgan fingerprint density at radius 3 is 2.82 bits per heavy atom. The number of benzene rings is 1. The number of carbonyl (C=O) groups excluding carboxylic acids is 1. The van der Waals surface area contributed by atoms with Crippen molar-refractivity contribution >= 4 is 5.78 Å². The summed E-state index contributed by atoms with van der Waals surface area (Å²) < 4.78 is 18.6. The van der Waals surface area contributed by atoms with Gasteiger partial charge >= 0.3 is 0 Å². The quantitative estimate of drug-likeness (QED) is 0.730. The van der Waals surface area contributed by atoms with Crippen LogP contribution in [-0.4, -0.2) is 12.4 Å². The van der Waals surface area contributed by atoms with Crippen LogP contribution in [0.25, 0.3) is 0 Å². The molecule has 2 nitrogen and oxygen atoms in total. The molecule has 1 fully saturated rings. The highest BCUT2D eigenvalue weighted by atomic mass is 19.1. The second kappa shape index (κ2) is 5.30. The summed E-state index contributed by atoms with van der Waals surface area (Å²) in [7, 11) is 0. The highest BCUT2D eigenvalue weighted by Crippen LogP contribution is 2.29. The molecule has 0 radical (unpaired) electrons. The van der Waals surface area contributed by atoms with Gasteiger partial charge in [-0.15, -0.1) is 0 Å². The van der Waals surface area contributed by atoms with Gasteiger partial charge in [-0.1, -0.05) is 19.3 Å². The van der Waals surface area contributed by atoms with Gasteiger partial charge in [0.15, 0.2) is 5.78 Å². The molecule has 17 heavy (non-hydrogen) atoms. The van der Waals surface area contributed by atoms with Crippen molar-refractivity contribution in [1.29, 1.82) is 0 Å². The summed E-state index contributed by atoms with van der Waals surface area (Å²) in [6, 6.07) is 4.10. The summed E-state index contributed by atoms with van der Waals surface area (Å²) >= 11 is 0. The summed E-state index contributed by atoms with van der Waals surface area (Å²) in [6.45, 7) is 2.03. The Morgan fingerprint density at radius 2 is 2.24 bits per heavy atom. The standard InChI is InChI=1S/C14H17FO2/c1-10(16)13-9-12(15)5-6-14(13)17-8-7-11-3-2-4-11/h5-6,9,11H,2-4,7-8H2,1H3. The Morgan fingerprint density at radius 1 is 1.47 bits per heavy atom. The highest BCUT2D eigenvalue weighted by Gasteiger charge is 2.17. The van der Waals surface area contributed by atoms with Crippen molar-refractivity contribution in [3.8, 4) is 5.75 Å². The number of ether oxygens (including phenoxy) is 1. The summed E-state index contributed by atoms with van der Waals surface area (Å²) in [5.74, 6) is 0.708. The molecule has 1 saturated carbocycles. The van der Waals surface area contributed by atoms with E-state index in [2.05, 4.69) is 0 Å². The number of hydrogen-bond acceptors (Lipinski definition) is 2. The monoisotopic (exact) mass is 236 g/mol. The van der Waals surface area contributed by atoms with Crippen LogP contribution in [0, 0.1) is 11.7 Å². The average molecular weight is 236 g/mol. The predicted octanol–water partition coefficient (Wildman–Crippen LogP) is 3.60. The van der Waals surface area contributed by atoms with Gasteiger partial charge in [0.2, 0.25) is 0 Å². The maximum atomic E-state index is 13.0. The Hall–Kier alpha value is -1.38. The number of halogens is 1. The molecule has 0 aromatic heterocycles. The topological polar surface area (TPSA) is 26.3 Å². The minimum absolute atomic E-state index is 0.164. The first kappa shape index (κ1) is 12.1. The van der Waals surface area contributed by atoms with E-state index in [1.165, 1.54) is 44.4 Å². The lowest BCUT2D eigenvalue weighted by Gasteiger charge is -2.25. The Bertz CT molecular complexity index is 411. The van der Waals surface area contributed by atoms with E-state index in [9.17, 15) is 9.18 Å². The molecule has 0 heterocycles. The van der Waals surface area contributed by atoms with Crippen molar-refractivity contribution in [3.05, 3.63) is 29.6 Å². The third-order valence-corrected chi connectivity index (χ3v) is 3.33. The van der Waals surface area contributed by atoms with Crippen LogP contribution in [-0.2, 0) is 0 Å². The molecule has 1 aliphatic rings. The minimum Gasteiger partial charge on any atom is -0.493 e. The maximum absolute atomic E-state index is 13.0. The van der Waals surface area contributed by atoms with Crippen LogP contribution in [0.2, 0.25) is 0 Å². The first-order chi connectivity index (χ1) is 8.16. The van der Waals surface area contributed by atoms with Gasteiger partial charge in [-0.2, -0.15) is 0 Å². The van der Waals surface area contributed by atoms with Gasteiger partial charge in [0.1, 0.15) is 11.6 Å². The van der Waals surface area contributed by atoms with Gasteiger partial charge in [0.25, 0.3) is 0 Å². The maximum Gasteiger partial charge on any atom is 0.163 e. The van der Waals surface area contributed by atoms with Crippen LogP contribution in [0.3, 0.4) is 0 Å². The SMILES string of the molecule is CC(=O)c1cc(F)ccc1OCCC1CCC1. The molecule has 2 rings (SSSR count). The fourth-order valence-corrected chi connectivity index (χ4v) is 2.02. The van der Waals surface area contributed by atoms with E-state index in [-0.39, 0.29) is 5.78 Å². The summed E-state index contributed by atoms with van der Waals surface area (Å²) in [5.41, 5.74) is 0.332. The smallest absolute Gasteiger partial charge is 0.163 e.